The van der Waals surface area contributed by atoms with Crippen LogP contribution >= 0.6 is 0 Å². The number of nitrogens with zero attached hydrogens (tertiary/aromatic N) is 1. The van der Waals surface area contributed by atoms with Gasteiger partial charge in [0, 0.05) is 24.2 Å². The summed E-state index contributed by atoms with van der Waals surface area (Å²) in [5.74, 6) is 0.874. The first kappa shape index (κ1) is 13.4. The predicted octanol–water partition coefficient (Wildman–Crippen LogP) is 2.05. The normalized spacial score (nSPS) is 25.5. The van der Waals surface area contributed by atoms with E-state index in [2.05, 4.69) is 45.0 Å². The molecule has 0 unspecified atom stereocenters. The molecule has 3 heteroatoms. The van der Waals surface area contributed by atoms with Crippen molar-refractivity contribution >= 4 is 0 Å². The number of piperidine rings is 1. The molecule has 0 aromatic carbocycles. The van der Waals surface area contributed by atoms with E-state index in [1.165, 1.54) is 0 Å². The maximum Gasteiger partial charge on any atom is 0.0942 e. The molecule has 0 aromatic heterocycles. The first-order valence-electron chi connectivity index (χ1n) is 6.11. The smallest absolute Gasteiger partial charge is 0.0942 e. The molecule has 1 saturated heterocycles. The first-order valence-corrected chi connectivity index (χ1v) is 6.11. The van der Waals surface area contributed by atoms with Crippen LogP contribution in [0.3, 0.4) is 0 Å². The van der Waals surface area contributed by atoms with Gasteiger partial charge in [-0.25, -0.2) is 0 Å². The Hall–Kier alpha value is -0.700. The fourth-order valence-electron chi connectivity index (χ4n) is 2.96. The van der Waals surface area contributed by atoms with E-state index in [9.17, 15) is 0 Å². The van der Waals surface area contributed by atoms with Gasteiger partial charge in [-0.15, -0.1) is 0 Å². The van der Waals surface area contributed by atoms with Crippen LogP contribution in [0, 0.1) is 0 Å². The van der Waals surface area contributed by atoms with Crippen LogP contribution in [-0.4, -0.2) is 29.1 Å². The minimum absolute atomic E-state index is 0.175. The van der Waals surface area contributed by atoms with E-state index in [0.717, 1.165) is 18.7 Å². The third-order valence-electron chi connectivity index (χ3n) is 3.42. The summed E-state index contributed by atoms with van der Waals surface area (Å²) in [6.45, 7) is 11.0. The molecule has 0 spiro atoms. The second kappa shape index (κ2) is 4.28. The maximum absolute atomic E-state index is 5.99. The third-order valence-corrected chi connectivity index (χ3v) is 3.42. The fraction of sp³-hybridized carbons (Fsp3) is 0.846. The molecular weight excluding hydrogens is 198 g/mol. The summed E-state index contributed by atoms with van der Waals surface area (Å²) < 4.78 is 0. The van der Waals surface area contributed by atoms with E-state index in [0.29, 0.717) is 6.04 Å². The number of hydrogen-bond donors (Lipinski definition) is 2. The molecule has 0 bridgehead atoms. The second-order valence-electron chi connectivity index (χ2n) is 6.28. The lowest BCUT2D eigenvalue weighted by Gasteiger charge is -2.49. The van der Waals surface area contributed by atoms with Crippen LogP contribution in [0.25, 0.3) is 0 Å². The highest BCUT2D eigenvalue weighted by molar-refractivity contribution is 5.04. The fourth-order valence-corrected chi connectivity index (χ4v) is 2.96. The summed E-state index contributed by atoms with van der Waals surface area (Å²) in [5.41, 5.74) is 6.34. The molecule has 0 saturated carbocycles. The lowest BCUT2D eigenvalue weighted by atomic mass is 9.79. The van der Waals surface area contributed by atoms with E-state index >= 15 is 0 Å². The lowest BCUT2D eigenvalue weighted by molar-refractivity contribution is 0.0980. The van der Waals surface area contributed by atoms with Gasteiger partial charge in [0.15, 0.2) is 0 Å². The van der Waals surface area contributed by atoms with Gasteiger partial charge in [0.2, 0.25) is 0 Å². The Morgan fingerprint density at radius 1 is 1.25 bits per heavy atom. The highest BCUT2D eigenvalue weighted by atomic mass is 15.2. The van der Waals surface area contributed by atoms with Crippen molar-refractivity contribution in [3.63, 3.8) is 0 Å². The summed E-state index contributed by atoms with van der Waals surface area (Å²) in [4.78, 5) is 2.21. The van der Waals surface area contributed by atoms with Crippen molar-refractivity contribution in [3.05, 3.63) is 11.9 Å². The third kappa shape index (κ3) is 3.14. The van der Waals surface area contributed by atoms with Crippen LogP contribution in [0.4, 0.5) is 0 Å². The maximum atomic E-state index is 5.99. The van der Waals surface area contributed by atoms with E-state index in [-0.39, 0.29) is 11.1 Å². The van der Waals surface area contributed by atoms with Gasteiger partial charge in [0.1, 0.15) is 0 Å². The molecule has 1 heterocycles. The predicted molar refractivity (Wildman–Crippen MR) is 70.0 cm³/mol. The molecule has 0 aliphatic carbocycles. The summed E-state index contributed by atoms with van der Waals surface area (Å²) >= 11 is 0. The summed E-state index contributed by atoms with van der Waals surface area (Å²) in [6, 6.07) is 0.516. The minimum Gasteiger partial charge on any atom is -0.386 e. The van der Waals surface area contributed by atoms with E-state index in [4.69, 9.17) is 5.73 Å². The Morgan fingerprint density at radius 2 is 1.69 bits per heavy atom. The van der Waals surface area contributed by atoms with Crippen LogP contribution in [-0.2, 0) is 0 Å². The van der Waals surface area contributed by atoms with Crippen molar-refractivity contribution < 1.29 is 0 Å². The average molecular weight is 225 g/mol. The average Bonchev–Trinajstić information content (AvgIpc) is 2.10. The zero-order valence-electron chi connectivity index (χ0n) is 11.6. The standard InChI is InChI=1S/C13H27N3/c1-7-11(14)16(6)10-8-12(2,3)15-13(4,5)9-10/h7,10,15H,8-9,14H2,1-6H3/b11-7+. The highest BCUT2D eigenvalue weighted by Gasteiger charge is 2.39. The lowest BCUT2D eigenvalue weighted by Crippen LogP contribution is -2.61. The molecule has 3 N–H and O–H groups in total. The van der Waals surface area contributed by atoms with E-state index in [1.807, 2.05) is 13.0 Å². The minimum atomic E-state index is 0.175. The largest absolute Gasteiger partial charge is 0.386 e. The number of nitrogens with two attached hydrogens (primary N) is 1. The van der Waals surface area contributed by atoms with Gasteiger partial charge in [0.05, 0.1) is 5.82 Å². The molecule has 0 amide bonds. The number of hydrogen-bond acceptors (Lipinski definition) is 3. The van der Waals surface area contributed by atoms with Gasteiger partial charge in [-0.3, -0.25) is 0 Å². The Bertz CT molecular complexity index is 263. The Kier molecular flexibility index (Phi) is 3.58. The van der Waals surface area contributed by atoms with E-state index in [1.54, 1.807) is 0 Å². The zero-order chi connectivity index (χ0) is 12.6. The highest BCUT2D eigenvalue weighted by Crippen LogP contribution is 2.31. The second-order valence-corrected chi connectivity index (χ2v) is 6.28. The molecule has 0 aromatic rings. The van der Waals surface area contributed by atoms with Gasteiger partial charge in [0.25, 0.3) is 0 Å². The van der Waals surface area contributed by atoms with Gasteiger partial charge in [-0.2, -0.15) is 0 Å². The van der Waals surface area contributed by atoms with Crippen molar-refractivity contribution in [1.29, 1.82) is 0 Å². The molecule has 1 aliphatic rings. The topological polar surface area (TPSA) is 41.3 Å². The first-order chi connectivity index (χ1) is 7.17. The molecule has 3 nitrogen and oxygen atoms in total. The monoisotopic (exact) mass is 225 g/mol. The van der Waals surface area contributed by atoms with Crippen molar-refractivity contribution in [2.75, 3.05) is 7.05 Å². The Morgan fingerprint density at radius 3 is 2.06 bits per heavy atom. The van der Waals surface area contributed by atoms with Crippen LogP contribution in [0.5, 0.6) is 0 Å². The number of nitrogens with one attached hydrogen (secondary N) is 1. The molecule has 94 valence electrons. The molecular formula is C13H27N3. The number of allylic oxidation sites excluding steroid dienone is 1. The summed E-state index contributed by atoms with van der Waals surface area (Å²) in [7, 11) is 2.09. The molecule has 1 aliphatic heterocycles. The van der Waals surface area contributed by atoms with E-state index < -0.39 is 0 Å². The number of rotatable bonds is 2. The molecule has 16 heavy (non-hydrogen) atoms. The van der Waals surface area contributed by atoms with Crippen LogP contribution < -0.4 is 11.1 Å². The summed E-state index contributed by atoms with van der Waals surface area (Å²) in [6.07, 6.45) is 4.23. The molecule has 0 atom stereocenters. The van der Waals surface area contributed by atoms with Gasteiger partial charge < -0.3 is 16.0 Å². The van der Waals surface area contributed by atoms with Gasteiger partial charge in [-0.1, -0.05) is 0 Å². The van der Waals surface area contributed by atoms with Crippen molar-refractivity contribution in [3.8, 4) is 0 Å². The van der Waals surface area contributed by atoms with Gasteiger partial charge in [-0.05, 0) is 53.5 Å². The molecule has 1 rings (SSSR count). The Labute approximate surface area is 100 Å². The van der Waals surface area contributed by atoms with Crippen LogP contribution in [0.15, 0.2) is 11.9 Å². The van der Waals surface area contributed by atoms with Crippen LogP contribution in [0.1, 0.15) is 47.5 Å². The van der Waals surface area contributed by atoms with Crippen LogP contribution in [0.2, 0.25) is 0 Å². The van der Waals surface area contributed by atoms with Crippen molar-refractivity contribution in [2.24, 2.45) is 5.73 Å². The van der Waals surface area contributed by atoms with Crippen molar-refractivity contribution in [2.45, 2.75) is 64.6 Å². The molecule has 1 fully saturated rings. The van der Waals surface area contributed by atoms with Gasteiger partial charge >= 0.3 is 0 Å². The zero-order valence-corrected chi connectivity index (χ0v) is 11.6. The van der Waals surface area contributed by atoms with Crippen molar-refractivity contribution in [1.82, 2.24) is 10.2 Å². The quantitative estimate of drug-likeness (QED) is 0.756. The Balaban J connectivity index is 2.82. The SMILES string of the molecule is C/C=C(\N)N(C)C1CC(C)(C)NC(C)(C)C1. The molecule has 0 radical (unpaired) electrons. The summed E-state index contributed by atoms with van der Waals surface area (Å²) in [5, 5.41) is 3.69.